The summed E-state index contributed by atoms with van der Waals surface area (Å²) in [5, 5.41) is 0. The molecular weight excluding hydrogens is 749 g/mol. The van der Waals surface area contributed by atoms with Gasteiger partial charge in [0.05, 0.1) is 0 Å². The van der Waals surface area contributed by atoms with Crippen molar-refractivity contribution in [2.24, 2.45) is 0 Å². The summed E-state index contributed by atoms with van der Waals surface area (Å²) < 4.78 is 24.0. The third-order valence-corrected chi connectivity index (χ3v) is 16.1. The van der Waals surface area contributed by atoms with Crippen molar-refractivity contribution in [1.29, 1.82) is 0 Å². The molecular formula is C21H24Hg2O6. The standard InChI is InChI=1S/2C7H6O2.C7H14O2.2Hg/c2*8-7(9)6-4-2-1-3-5-6;1-6(8-4)7(2,3)9-5;;/h2*1-5H,(H,8,9);6H,1-2H2,3-5H3;;/q;;;2*+1/p-2. The Hall–Kier alpha value is -0.830. The normalized spacial score (nSPS) is 13.3. The van der Waals surface area contributed by atoms with Crippen LogP contribution in [0, 0.1) is 0 Å². The second-order valence-corrected chi connectivity index (χ2v) is 16.4. The van der Waals surface area contributed by atoms with Crippen LogP contribution in [0.15, 0.2) is 60.7 Å². The fourth-order valence-corrected chi connectivity index (χ4v) is 14.3. The first-order valence-electron chi connectivity index (χ1n) is 9.52. The maximum absolute atomic E-state index is 12.2. The third kappa shape index (κ3) is 7.74. The molecule has 2 atom stereocenters. The summed E-state index contributed by atoms with van der Waals surface area (Å²) in [5.74, 6) is -0.533. The van der Waals surface area contributed by atoms with Crippen molar-refractivity contribution >= 4 is 11.9 Å². The van der Waals surface area contributed by atoms with Gasteiger partial charge in [-0.15, -0.1) is 0 Å². The molecule has 0 aliphatic heterocycles. The van der Waals surface area contributed by atoms with Gasteiger partial charge >= 0.3 is 199 Å². The first-order valence-corrected chi connectivity index (χ1v) is 21.8. The van der Waals surface area contributed by atoms with Crippen molar-refractivity contribution in [3.8, 4) is 0 Å². The van der Waals surface area contributed by atoms with Crippen molar-refractivity contribution < 1.29 is 74.4 Å². The van der Waals surface area contributed by atoms with Crippen LogP contribution in [0.25, 0.3) is 0 Å². The van der Waals surface area contributed by atoms with E-state index in [2.05, 4.69) is 0 Å². The molecule has 0 saturated carbocycles. The quantitative estimate of drug-likeness (QED) is 0.323. The van der Waals surface area contributed by atoms with E-state index in [9.17, 15) is 9.59 Å². The Bertz CT molecular complexity index is 771. The van der Waals surface area contributed by atoms with Gasteiger partial charge < -0.3 is 0 Å². The van der Waals surface area contributed by atoms with Gasteiger partial charge in [0.1, 0.15) is 0 Å². The van der Waals surface area contributed by atoms with Gasteiger partial charge in [0.25, 0.3) is 0 Å². The van der Waals surface area contributed by atoms with Crippen molar-refractivity contribution in [2.45, 2.75) is 26.5 Å². The zero-order valence-electron chi connectivity index (χ0n) is 17.1. The molecule has 0 amide bonds. The number of carbonyl (C=O) groups is 2. The molecule has 0 N–H and O–H groups in total. The van der Waals surface area contributed by atoms with E-state index in [4.69, 9.17) is 14.8 Å². The van der Waals surface area contributed by atoms with Crippen LogP contribution >= 0.6 is 0 Å². The van der Waals surface area contributed by atoms with Crippen LogP contribution in [0.3, 0.4) is 0 Å². The van der Waals surface area contributed by atoms with Crippen molar-refractivity contribution in [1.82, 2.24) is 0 Å². The van der Waals surface area contributed by atoms with Gasteiger partial charge in [-0.05, 0) is 0 Å². The average molecular weight is 774 g/mol. The molecule has 0 aliphatic carbocycles. The summed E-state index contributed by atoms with van der Waals surface area (Å²) in [6.45, 7) is 1.98. The predicted molar refractivity (Wildman–Crippen MR) is 99.5 cm³/mol. The molecule has 148 valence electrons. The van der Waals surface area contributed by atoms with Crippen LogP contribution in [0.2, 0.25) is 7.86 Å². The molecule has 2 aromatic rings. The van der Waals surface area contributed by atoms with E-state index in [0.717, 1.165) is 0 Å². The Kier molecular flexibility index (Phi) is 10.8. The Balaban J connectivity index is 1.84. The number of benzene rings is 2. The van der Waals surface area contributed by atoms with Gasteiger partial charge in [-0.25, -0.2) is 0 Å². The molecule has 8 heteroatoms. The Morgan fingerprint density at radius 3 is 1.79 bits per heavy atom. The van der Waals surface area contributed by atoms with Crippen LogP contribution in [0.1, 0.15) is 27.6 Å². The minimum absolute atomic E-state index is 0.187. The zero-order chi connectivity index (χ0) is 21.1. The minimum atomic E-state index is -1.99. The number of hydrogen-bond acceptors (Lipinski definition) is 6. The molecule has 0 spiro atoms. The molecule has 0 aromatic heterocycles. The molecule has 29 heavy (non-hydrogen) atoms. The van der Waals surface area contributed by atoms with E-state index >= 15 is 0 Å². The summed E-state index contributed by atoms with van der Waals surface area (Å²) in [5.41, 5.74) is 0.590. The van der Waals surface area contributed by atoms with E-state index in [1.807, 2.05) is 43.3 Å². The van der Waals surface area contributed by atoms with Gasteiger partial charge in [-0.1, -0.05) is 0 Å². The number of methoxy groups -OCH3 is 2. The summed E-state index contributed by atoms with van der Waals surface area (Å²) in [6, 6.07) is 18.0. The van der Waals surface area contributed by atoms with Crippen LogP contribution in [0.5, 0.6) is 0 Å². The first-order chi connectivity index (χ1) is 14.0. The molecule has 2 unspecified atom stereocenters. The second-order valence-electron chi connectivity index (χ2n) is 6.78. The molecule has 0 heterocycles. The van der Waals surface area contributed by atoms with Crippen LogP contribution in [-0.2, 0) is 64.8 Å². The fraction of sp³-hybridized carbons (Fsp3) is 0.333. The molecule has 2 rings (SSSR count). The van der Waals surface area contributed by atoms with Crippen molar-refractivity contribution in [3.63, 3.8) is 0 Å². The van der Waals surface area contributed by atoms with Crippen molar-refractivity contribution in [3.05, 3.63) is 71.8 Å². The molecule has 0 radical (unpaired) electrons. The molecule has 2 aromatic carbocycles. The number of rotatable bonds is 11. The van der Waals surface area contributed by atoms with Gasteiger partial charge in [0, 0.05) is 0 Å². The summed E-state index contributed by atoms with van der Waals surface area (Å²) in [4.78, 5) is 24.3. The van der Waals surface area contributed by atoms with E-state index in [-0.39, 0.29) is 18.0 Å². The molecule has 0 aliphatic rings. The van der Waals surface area contributed by atoms with E-state index < -0.39 is 55.7 Å². The Morgan fingerprint density at radius 2 is 1.34 bits per heavy atom. The summed E-state index contributed by atoms with van der Waals surface area (Å²) >= 11 is -3.95. The van der Waals surface area contributed by atoms with Crippen LogP contribution in [-0.4, -0.2) is 37.9 Å². The Morgan fingerprint density at radius 1 is 0.862 bits per heavy atom. The van der Waals surface area contributed by atoms with Crippen LogP contribution < -0.4 is 0 Å². The third-order valence-electron chi connectivity index (χ3n) is 4.90. The zero-order valence-corrected chi connectivity index (χ0v) is 28.1. The SMILES string of the molecule is COC([CH2][Hg][O]C(=O)c1ccccc1)C(C)([CH2][Hg][O]C(=O)c1ccccc1)OC. The number of carbonyl (C=O) groups excluding carboxylic acids is 2. The van der Waals surface area contributed by atoms with Gasteiger partial charge in [-0.3, -0.25) is 0 Å². The van der Waals surface area contributed by atoms with Crippen LogP contribution in [0.4, 0.5) is 0 Å². The summed E-state index contributed by atoms with van der Waals surface area (Å²) in [7, 11) is 3.29. The van der Waals surface area contributed by atoms with Crippen molar-refractivity contribution in [2.75, 3.05) is 14.2 Å². The topological polar surface area (TPSA) is 71.1 Å². The maximum atomic E-state index is 12.2. The molecule has 6 nitrogen and oxygen atoms in total. The Labute approximate surface area is 197 Å². The van der Waals surface area contributed by atoms with Gasteiger partial charge in [-0.2, -0.15) is 0 Å². The van der Waals surface area contributed by atoms with Gasteiger partial charge in [0.15, 0.2) is 0 Å². The number of ether oxygens (including phenoxy) is 2. The first kappa shape index (κ1) is 24.4. The fourth-order valence-electron chi connectivity index (χ4n) is 2.99. The predicted octanol–water partition coefficient (Wildman–Crippen LogP) is 3.95. The second kappa shape index (κ2) is 12.8. The number of hydrogen-bond donors (Lipinski definition) is 0. The van der Waals surface area contributed by atoms with E-state index in [1.54, 1.807) is 38.5 Å². The molecule has 0 saturated heterocycles. The monoisotopic (exact) mass is 776 g/mol. The van der Waals surface area contributed by atoms with E-state index in [1.165, 1.54) is 0 Å². The van der Waals surface area contributed by atoms with Gasteiger partial charge in [0.2, 0.25) is 0 Å². The molecule has 0 fully saturated rings. The molecule has 0 bridgehead atoms. The average Bonchev–Trinajstić information content (AvgIpc) is 2.77. The van der Waals surface area contributed by atoms with E-state index in [0.29, 0.717) is 19.0 Å². The summed E-state index contributed by atoms with van der Waals surface area (Å²) in [6.07, 6.45) is -0.187.